The first-order valence-electron chi connectivity index (χ1n) is 9.07. The van der Waals surface area contributed by atoms with E-state index in [0.29, 0.717) is 29.7 Å². The van der Waals surface area contributed by atoms with E-state index in [4.69, 9.17) is 4.74 Å². The van der Waals surface area contributed by atoms with Gasteiger partial charge in [-0.2, -0.15) is 0 Å². The number of rotatable bonds is 7. The third-order valence-corrected chi connectivity index (χ3v) is 4.56. The van der Waals surface area contributed by atoms with Crippen LogP contribution in [0.25, 0.3) is 0 Å². The summed E-state index contributed by atoms with van der Waals surface area (Å²) in [4.78, 5) is 33.2. The zero-order chi connectivity index (χ0) is 20.6. The first-order chi connectivity index (χ1) is 12.6. The van der Waals surface area contributed by atoms with Gasteiger partial charge in [-0.1, -0.05) is 0 Å². The van der Waals surface area contributed by atoms with Crippen molar-refractivity contribution in [2.24, 2.45) is 4.99 Å². The van der Waals surface area contributed by atoms with Crippen molar-refractivity contribution in [2.45, 2.75) is 60.0 Å². The van der Waals surface area contributed by atoms with Crippen molar-refractivity contribution < 1.29 is 14.3 Å². The highest BCUT2D eigenvalue weighted by atomic mass is 127. The molecule has 1 unspecified atom stereocenters. The molecule has 1 amide bonds. The van der Waals surface area contributed by atoms with E-state index in [0.717, 1.165) is 5.01 Å². The van der Waals surface area contributed by atoms with Gasteiger partial charge in [0.1, 0.15) is 16.4 Å². The first-order valence-corrected chi connectivity index (χ1v) is 9.89. The van der Waals surface area contributed by atoms with Gasteiger partial charge in [0.15, 0.2) is 5.96 Å². The fourth-order valence-corrected chi connectivity index (χ4v) is 3.15. The molecule has 3 N–H and O–H groups in total. The van der Waals surface area contributed by atoms with Crippen molar-refractivity contribution in [2.75, 3.05) is 19.7 Å². The number of nitrogens with zero attached hydrogens (tertiary/aromatic N) is 2. The van der Waals surface area contributed by atoms with Crippen LogP contribution in [0.1, 0.15) is 68.0 Å². The van der Waals surface area contributed by atoms with Gasteiger partial charge in [-0.3, -0.25) is 4.79 Å². The number of thiazole rings is 1. The molecule has 1 aromatic rings. The van der Waals surface area contributed by atoms with Gasteiger partial charge in [0.2, 0.25) is 5.91 Å². The molecule has 0 aromatic carbocycles. The number of amides is 1. The van der Waals surface area contributed by atoms with Crippen LogP contribution < -0.4 is 16.0 Å². The normalized spacial score (nSPS) is 12.6. The van der Waals surface area contributed by atoms with Gasteiger partial charge in [0, 0.05) is 12.1 Å². The Labute approximate surface area is 188 Å². The van der Waals surface area contributed by atoms with E-state index in [-0.39, 0.29) is 54.0 Å². The van der Waals surface area contributed by atoms with Crippen molar-refractivity contribution in [3.63, 3.8) is 0 Å². The summed E-state index contributed by atoms with van der Waals surface area (Å²) >= 11 is 1.30. The SMILES string of the molecule is CCNC(=NCC(=O)NC(C)(C)C)NC(C)c1nc(C)c(C(=O)OCC)s1.I. The lowest BCUT2D eigenvalue weighted by Gasteiger charge is -2.20. The Kier molecular flexibility index (Phi) is 11.6. The largest absolute Gasteiger partial charge is 0.462 e. The number of ether oxygens (including phenoxy) is 1. The fraction of sp³-hybridized carbons (Fsp3) is 0.667. The molecule has 1 aromatic heterocycles. The van der Waals surface area contributed by atoms with Gasteiger partial charge in [0.05, 0.1) is 18.3 Å². The molecule has 1 heterocycles. The Morgan fingerprint density at radius 1 is 1.29 bits per heavy atom. The average molecular weight is 525 g/mol. The Balaban J connectivity index is 0.00000729. The lowest BCUT2D eigenvalue weighted by molar-refractivity contribution is -0.121. The molecule has 0 bridgehead atoms. The predicted molar refractivity (Wildman–Crippen MR) is 124 cm³/mol. The van der Waals surface area contributed by atoms with Gasteiger partial charge in [-0.05, 0) is 48.5 Å². The number of esters is 1. The van der Waals surface area contributed by atoms with Crippen molar-refractivity contribution in [1.29, 1.82) is 0 Å². The molecule has 0 aliphatic rings. The molecule has 0 aliphatic carbocycles. The molecule has 160 valence electrons. The summed E-state index contributed by atoms with van der Waals surface area (Å²) in [6.07, 6.45) is 0. The zero-order valence-corrected chi connectivity index (χ0v) is 20.8. The average Bonchev–Trinajstić information content (AvgIpc) is 2.93. The van der Waals surface area contributed by atoms with Crippen LogP contribution in [0.5, 0.6) is 0 Å². The van der Waals surface area contributed by atoms with Crippen molar-refractivity contribution >= 4 is 53.1 Å². The van der Waals surface area contributed by atoms with E-state index < -0.39 is 0 Å². The van der Waals surface area contributed by atoms with E-state index in [1.165, 1.54) is 11.3 Å². The quantitative estimate of drug-likeness (QED) is 0.219. The number of carbonyl (C=O) groups is 2. The van der Waals surface area contributed by atoms with Crippen LogP contribution in [0.3, 0.4) is 0 Å². The second-order valence-corrected chi connectivity index (χ2v) is 8.08. The van der Waals surface area contributed by atoms with Gasteiger partial charge in [0.25, 0.3) is 0 Å². The standard InChI is InChI=1S/C18H31N5O3S.HI/c1-8-19-17(20-10-13(24)23-18(5,6)7)22-12(4)15-21-11(3)14(27-15)16(25)26-9-2;/h12H,8-10H2,1-7H3,(H,23,24)(H2,19,20,22);1H. The molecule has 8 nitrogen and oxygen atoms in total. The molecule has 0 radical (unpaired) electrons. The van der Waals surface area contributed by atoms with Crippen molar-refractivity contribution in [1.82, 2.24) is 20.9 Å². The number of aromatic nitrogens is 1. The van der Waals surface area contributed by atoms with Crippen LogP contribution in [0, 0.1) is 6.92 Å². The highest BCUT2D eigenvalue weighted by Gasteiger charge is 2.20. The van der Waals surface area contributed by atoms with Crippen LogP contribution in [0.4, 0.5) is 0 Å². The molecular formula is C18H32IN5O3S. The second-order valence-electron chi connectivity index (χ2n) is 7.05. The maximum atomic E-state index is 12.0. The van der Waals surface area contributed by atoms with Crippen LogP contribution in [0.2, 0.25) is 0 Å². The number of hydrogen-bond donors (Lipinski definition) is 3. The summed E-state index contributed by atoms with van der Waals surface area (Å²) in [5.74, 6) is 0.00650. The summed E-state index contributed by atoms with van der Waals surface area (Å²) in [7, 11) is 0. The van der Waals surface area contributed by atoms with Crippen molar-refractivity contribution in [3.8, 4) is 0 Å². The lowest BCUT2D eigenvalue weighted by Crippen LogP contribution is -2.43. The minimum Gasteiger partial charge on any atom is -0.462 e. The highest BCUT2D eigenvalue weighted by molar-refractivity contribution is 14.0. The maximum Gasteiger partial charge on any atom is 0.350 e. The van der Waals surface area contributed by atoms with Crippen LogP contribution >= 0.6 is 35.3 Å². The Morgan fingerprint density at radius 3 is 2.46 bits per heavy atom. The zero-order valence-electron chi connectivity index (χ0n) is 17.6. The van der Waals surface area contributed by atoms with Crippen molar-refractivity contribution in [3.05, 3.63) is 15.6 Å². The molecule has 1 rings (SSSR count). The molecule has 0 saturated heterocycles. The summed E-state index contributed by atoms with van der Waals surface area (Å²) in [6, 6.07) is -0.180. The number of aliphatic imine (C=N–C) groups is 1. The summed E-state index contributed by atoms with van der Waals surface area (Å²) < 4.78 is 5.06. The van der Waals surface area contributed by atoms with Gasteiger partial charge >= 0.3 is 5.97 Å². The maximum absolute atomic E-state index is 12.0. The number of guanidine groups is 1. The van der Waals surface area contributed by atoms with Crippen LogP contribution in [0.15, 0.2) is 4.99 Å². The minimum absolute atomic E-state index is 0. The second kappa shape index (κ2) is 12.2. The first kappa shape index (κ1) is 26.6. The third-order valence-electron chi connectivity index (χ3n) is 3.24. The van der Waals surface area contributed by atoms with Crippen LogP contribution in [-0.2, 0) is 9.53 Å². The number of halogens is 1. The monoisotopic (exact) mass is 525 g/mol. The predicted octanol–water partition coefficient (Wildman–Crippen LogP) is 2.78. The van der Waals surface area contributed by atoms with Gasteiger partial charge in [-0.15, -0.1) is 35.3 Å². The number of nitrogens with one attached hydrogen (secondary N) is 3. The number of aryl methyl sites for hydroxylation is 1. The Hall–Kier alpha value is -1.43. The van der Waals surface area contributed by atoms with Gasteiger partial charge < -0.3 is 20.7 Å². The summed E-state index contributed by atoms with van der Waals surface area (Å²) in [6.45, 7) is 14.2. The lowest BCUT2D eigenvalue weighted by atomic mass is 10.1. The molecule has 0 saturated carbocycles. The molecule has 28 heavy (non-hydrogen) atoms. The highest BCUT2D eigenvalue weighted by Crippen LogP contribution is 2.24. The molecule has 0 aliphatic heterocycles. The van der Waals surface area contributed by atoms with E-state index in [1.807, 2.05) is 34.6 Å². The summed E-state index contributed by atoms with van der Waals surface area (Å²) in [5.41, 5.74) is 0.349. The third kappa shape index (κ3) is 9.18. The molecular weight excluding hydrogens is 493 g/mol. The molecule has 10 heteroatoms. The molecule has 1 atom stereocenters. The van der Waals surface area contributed by atoms with Crippen LogP contribution in [-0.4, -0.2) is 48.1 Å². The van der Waals surface area contributed by atoms with E-state index in [1.54, 1.807) is 13.8 Å². The van der Waals surface area contributed by atoms with E-state index in [2.05, 4.69) is 25.9 Å². The summed E-state index contributed by atoms with van der Waals surface area (Å²) in [5, 5.41) is 9.95. The topological polar surface area (TPSA) is 105 Å². The Bertz CT molecular complexity index is 685. The van der Waals surface area contributed by atoms with Gasteiger partial charge in [-0.25, -0.2) is 14.8 Å². The fourth-order valence-electron chi connectivity index (χ4n) is 2.18. The minimum atomic E-state index is -0.356. The number of hydrogen-bond acceptors (Lipinski definition) is 6. The Morgan fingerprint density at radius 2 is 1.93 bits per heavy atom. The van der Waals surface area contributed by atoms with E-state index >= 15 is 0 Å². The van der Waals surface area contributed by atoms with E-state index in [9.17, 15) is 9.59 Å². The molecule has 0 spiro atoms. The number of carbonyl (C=O) groups excluding carboxylic acids is 2. The molecule has 0 fully saturated rings. The smallest absolute Gasteiger partial charge is 0.350 e.